The average Bonchev–Trinajstić information content (AvgIpc) is 3.79. The predicted molar refractivity (Wildman–Crippen MR) is 158 cm³/mol. The van der Waals surface area contributed by atoms with Crippen LogP contribution in [0.1, 0.15) is 63.1 Å². The molecule has 6 rings (SSSR count). The molecule has 2 saturated carbocycles. The first kappa shape index (κ1) is 26.0. The van der Waals surface area contributed by atoms with Gasteiger partial charge >= 0.3 is 0 Å². The van der Waals surface area contributed by atoms with Crippen LogP contribution in [0.5, 0.6) is 0 Å². The van der Waals surface area contributed by atoms with Crippen LogP contribution in [0.4, 0.5) is 4.39 Å². The van der Waals surface area contributed by atoms with Gasteiger partial charge in [0.2, 0.25) is 0 Å². The zero-order valence-electron chi connectivity index (χ0n) is 21.8. The lowest BCUT2D eigenvalue weighted by atomic mass is 10.0. The Labute approximate surface area is 228 Å². The van der Waals surface area contributed by atoms with Crippen molar-refractivity contribution in [2.45, 2.75) is 67.5 Å². The summed E-state index contributed by atoms with van der Waals surface area (Å²) >= 11 is 0. The molecule has 0 bridgehead atoms. The number of sulfone groups is 1. The van der Waals surface area contributed by atoms with Crippen molar-refractivity contribution in [3.05, 3.63) is 66.0 Å². The van der Waals surface area contributed by atoms with Crippen molar-refractivity contribution >= 4 is 39.4 Å². The van der Waals surface area contributed by atoms with Crippen molar-refractivity contribution in [3.63, 3.8) is 0 Å². The Morgan fingerprint density at radius 3 is 2.34 bits per heavy atom. The SMILES string of the molecule is CCS(=O)(=O)c1cc(-c2ccc(C3CC3)cc2)cnc1-c1cc2ncc(C(C)(C)P)cc2n1C1CC1(F)P. The molecule has 2 aliphatic rings. The molecule has 2 aliphatic carbocycles. The molecule has 4 unspecified atom stereocenters. The van der Waals surface area contributed by atoms with E-state index >= 15 is 4.39 Å². The van der Waals surface area contributed by atoms with Gasteiger partial charge in [-0.1, -0.05) is 54.3 Å². The number of hydrogen-bond donors (Lipinski definition) is 0. The molecular weight excluding hydrogens is 535 g/mol. The molecule has 0 N–H and O–H groups in total. The molecule has 0 amide bonds. The molecule has 3 aromatic heterocycles. The van der Waals surface area contributed by atoms with E-state index in [0.29, 0.717) is 29.2 Å². The normalized spacial score (nSPS) is 21.7. The summed E-state index contributed by atoms with van der Waals surface area (Å²) in [6.07, 6.45) is 6.32. The summed E-state index contributed by atoms with van der Waals surface area (Å²) < 4.78 is 43.9. The molecule has 0 aliphatic heterocycles. The van der Waals surface area contributed by atoms with E-state index in [2.05, 4.69) is 49.4 Å². The van der Waals surface area contributed by atoms with Gasteiger partial charge in [-0.25, -0.2) is 12.8 Å². The largest absolute Gasteiger partial charge is 0.331 e. The molecule has 9 heteroatoms. The Morgan fingerprint density at radius 1 is 1.08 bits per heavy atom. The summed E-state index contributed by atoms with van der Waals surface area (Å²) in [6.45, 7) is 5.78. The summed E-state index contributed by atoms with van der Waals surface area (Å²) in [5.41, 5.74) is 6.35. The number of hydrogen-bond acceptors (Lipinski definition) is 4. The lowest BCUT2D eigenvalue weighted by Crippen LogP contribution is -2.11. The van der Waals surface area contributed by atoms with E-state index in [-0.39, 0.29) is 15.8 Å². The molecule has 5 nitrogen and oxygen atoms in total. The van der Waals surface area contributed by atoms with Gasteiger partial charge in [-0.3, -0.25) is 9.97 Å². The highest BCUT2D eigenvalue weighted by Crippen LogP contribution is 2.58. The van der Waals surface area contributed by atoms with Gasteiger partial charge in [-0.15, -0.1) is 9.24 Å². The number of pyridine rings is 2. The maximum atomic E-state index is 15.1. The van der Waals surface area contributed by atoms with Gasteiger partial charge < -0.3 is 4.57 Å². The van der Waals surface area contributed by atoms with Gasteiger partial charge in [0.25, 0.3) is 0 Å². The highest BCUT2D eigenvalue weighted by Gasteiger charge is 2.54. The Bertz CT molecular complexity index is 1670. The maximum absolute atomic E-state index is 15.1. The third kappa shape index (κ3) is 4.61. The fraction of sp³-hybridized carbons (Fsp3) is 0.379. The highest BCUT2D eigenvalue weighted by atomic mass is 32.2. The van der Waals surface area contributed by atoms with Gasteiger partial charge in [-0.05, 0) is 53.6 Å². The minimum atomic E-state index is -3.64. The van der Waals surface area contributed by atoms with Crippen LogP contribution >= 0.6 is 18.5 Å². The first-order chi connectivity index (χ1) is 17.9. The second-order valence-corrected chi connectivity index (χ2v) is 15.9. The molecule has 0 saturated heterocycles. The zero-order chi connectivity index (χ0) is 27.0. The molecule has 38 heavy (non-hydrogen) atoms. The van der Waals surface area contributed by atoms with Gasteiger partial charge in [0, 0.05) is 29.5 Å². The van der Waals surface area contributed by atoms with E-state index < -0.39 is 21.3 Å². The van der Waals surface area contributed by atoms with Gasteiger partial charge in [0.15, 0.2) is 9.84 Å². The summed E-state index contributed by atoms with van der Waals surface area (Å²) in [6, 6.07) is 13.5. The molecular formula is C29H32FN3O2P2S. The summed E-state index contributed by atoms with van der Waals surface area (Å²) in [5.74, 6) is 0.589. The van der Waals surface area contributed by atoms with Crippen LogP contribution < -0.4 is 0 Å². The molecule has 2 fully saturated rings. The third-order valence-electron chi connectivity index (χ3n) is 7.75. The average molecular weight is 568 g/mol. The minimum absolute atomic E-state index is 0.0598. The van der Waals surface area contributed by atoms with Crippen LogP contribution in [0.3, 0.4) is 0 Å². The fourth-order valence-electron chi connectivity index (χ4n) is 5.06. The zero-order valence-corrected chi connectivity index (χ0v) is 24.9. The first-order valence-corrected chi connectivity index (χ1v) is 15.8. The topological polar surface area (TPSA) is 64.8 Å². The molecule has 1 aromatic carbocycles. The number of fused-ring (bicyclic) bond motifs is 1. The standard InChI is InChI=1S/C29H32FN3O2P2S/c1-4-38(34,35)25-11-20(19-9-7-18(8-10-19)17-5-6-17)15-32-27(25)24-13-22-23(33(24)26-14-29(26,30)37)12-21(16-31-22)28(2,3)36/h7-13,15-17,26H,4-6,14,36-37H2,1-3H3. The number of aromatic nitrogens is 3. The second kappa shape index (κ2) is 8.91. The Hall–Kier alpha value is -2.20. The number of halogens is 1. The first-order valence-electron chi connectivity index (χ1n) is 13.0. The van der Waals surface area contributed by atoms with Crippen LogP contribution in [-0.4, -0.2) is 34.1 Å². The van der Waals surface area contributed by atoms with Crippen LogP contribution in [0, 0.1) is 0 Å². The van der Waals surface area contributed by atoms with Crippen LogP contribution in [0.25, 0.3) is 33.5 Å². The van der Waals surface area contributed by atoms with E-state index in [4.69, 9.17) is 4.98 Å². The van der Waals surface area contributed by atoms with E-state index in [9.17, 15) is 8.42 Å². The lowest BCUT2D eigenvalue weighted by Gasteiger charge is -2.19. The van der Waals surface area contributed by atoms with Crippen molar-refractivity contribution in [1.29, 1.82) is 0 Å². The van der Waals surface area contributed by atoms with Crippen LogP contribution in [0.2, 0.25) is 0 Å². The third-order valence-corrected chi connectivity index (χ3v) is 10.4. The van der Waals surface area contributed by atoms with Gasteiger partial charge in [-0.2, -0.15) is 0 Å². The van der Waals surface area contributed by atoms with Gasteiger partial charge in [0.05, 0.1) is 33.4 Å². The molecule has 0 radical (unpaired) electrons. The second-order valence-electron chi connectivity index (χ2n) is 11.3. The maximum Gasteiger partial charge on any atom is 0.180 e. The van der Waals surface area contributed by atoms with Crippen molar-refractivity contribution in [2.75, 3.05) is 5.75 Å². The monoisotopic (exact) mass is 567 g/mol. The molecule has 4 atom stereocenters. The smallest absolute Gasteiger partial charge is 0.180 e. The van der Waals surface area contributed by atoms with Crippen LogP contribution in [-0.2, 0) is 15.0 Å². The summed E-state index contributed by atoms with van der Waals surface area (Å²) in [7, 11) is 1.49. The molecule has 4 aromatic rings. The lowest BCUT2D eigenvalue weighted by molar-refractivity contribution is 0.404. The number of nitrogens with zero attached hydrogens (tertiary/aromatic N) is 3. The Balaban J connectivity index is 1.55. The number of benzene rings is 1. The fourth-order valence-corrected chi connectivity index (χ4v) is 6.66. The molecule has 0 spiro atoms. The Morgan fingerprint density at radius 2 is 1.76 bits per heavy atom. The van der Waals surface area contributed by atoms with Crippen molar-refractivity contribution in [2.24, 2.45) is 0 Å². The van der Waals surface area contributed by atoms with Crippen molar-refractivity contribution < 1.29 is 12.8 Å². The highest BCUT2D eigenvalue weighted by molar-refractivity contribution is 7.91. The van der Waals surface area contributed by atoms with Crippen molar-refractivity contribution in [3.8, 4) is 22.5 Å². The van der Waals surface area contributed by atoms with Gasteiger partial charge in [0.1, 0.15) is 11.1 Å². The number of alkyl halides is 1. The van der Waals surface area contributed by atoms with Crippen molar-refractivity contribution in [1.82, 2.24) is 14.5 Å². The summed E-state index contributed by atoms with van der Waals surface area (Å²) in [4.78, 5) is 9.57. The molecule has 3 heterocycles. The van der Waals surface area contributed by atoms with E-state index in [0.717, 1.165) is 22.2 Å². The predicted octanol–water partition coefficient (Wildman–Crippen LogP) is 7.03. The Kier molecular flexibility index (Phi) is 6.11. The number of rotatable bonds is 7. The molecule has 198 valence electrons. The quantitative estimate of drug-likeness (QED) is 0.225. The van der Waals surface area contributed by atoms with Crippen LogP contribution in [0.15, 0.2) is 59.8 Å². The van der Waals surface area contributed by atoms with E-state index in [1.165, 1.54) is 18.4 Å². The van der Waals surface area contributed by atoms with E-state index in [1.807, 2.05) is 35.0 Å². The minimum Gasteiger partial charge on any atom is -0.331 e. The summed E-state index contributed by atoms with van der Waals surface area (Å²) in [5, 5.41) is -1.68. The van der Waals surface area contributed by atoms with E-state index in [1.54, 1.807) is 19.2 Å².